The molecule has 1 unspecified atom stereocenters. The van der Waals surface area contributed by atoms with Crippen molar-refractivity contribution in [3.05, 3.63) is 47.2 Å². The highest BCUT2D eigenvalue weighted by atomic mass is 35.5. The normalized spacial score (nSPS) is 21.1. The molecule has 2 aromatic heterocycles. The third-order valence-electron chi connectivity index (χ3n) is 5.83. The summed E-state index contributed by atoms with van der Waals surface area (Å²) >= 11 is 6.16. The van der Waals surface area contributed by atoms with Gasteiger partial charge in [-0.3, -0.25) is 4.90 Å². The van der Waals surface area contributed by atoms with E-state index in [9.17, 15) is 13.2 Å². The van der Waals surface area contributed by atoms with Gasteiger partial charge < -0.3 is 9.80 Å². The summed E-state index contributed by atoms with van der Waals surface area (Å²) < 4.78 is 38.6. The van der Waals surface area contributed by atoms with Crippen molar-refractivity contribution in [2.24, 2.45) is 5.92 Å². The zero-order valence-corrected chi connectivity index (χ0v) is 17.4. The molecule has 4 rings (SSSR count). The average molecular weight is 440 g/mol. The second kappa shape index (κ2) is 8.98. The molecule has 0 aliphatic carbocycles. The van der Waals surface area contributed by atoms with E-state index in [1.807, 2.05) is 29.3 Å². The van der Waals surface area contributed by atoms with E-state index in [1.165, 1.54) is 0 Å². The van der Waals surface area contributed by atoms with Gasteiger partial charge in [-0.25, -0.2) is 9.97 Å². The number of rotatable bonds is 4. The van der Waals surface area contributed by atoms with Crippen LogP contribution in [0.5, 0.6) is 0 Å². The summed E-state index contributed by atoms with van der Waals surface area (Å²) in [5.74, 6) is 1.92. The molecule has 0 spiro atoms. The highest BCUT2D eigenvalue weighted by Crippen LogP contribution is 2.34. The standard InChI is InChI=1S/C21H25ClF3N5/c22-18-12-17(21(23,24)25)13-27-20(18)30-7-3-4-16(15-30)14-28-8-10-29(11-9-28)19-5-1-2-6-26-19/h1-2,5-6,12-13,16H,3-4,7-11,14-15H2. The predicted molar refractivity (Wildman–Crippen MR) is 112 cm³/mol. The monoisotopic (exact) mass is 439 g/mol. The average Bonchev–Trinajstić information content (AvgIpc) is 2.74. The first-order valence-electron chi connectivity index (χ1n) is 10.3. The zero-order chi connectivity index (χ0) is 21.1. The topological polar surface area (TPSA) is 35.5 Å². The van der Waals surface area contributed by atoms with Gasteiger partial charge in [-0.15, -0.1) is 0 Å². The number of hydrogen-bond acceptors (Lipinski definition) is 5. The molecule has 0 N–H and O–H groups in total. The number of alkyl halides is 3. The van der Waals surface area contributed by atoms with Crippen LogP contribution in [0.1, 0.15) is 18.4 Å². The Bertz CT molecular complexity index is 840. The lowest BCUT2D eigenvalue weighted by Gasteiger charge is -2.40. The molecule has 4 heterocycles. The third-order valence-corrected chi connectivity index (χ3v) is 6.11. The molecular formula is C21H25ClF3N5. The Labute approximate surface area is 179 Å². The van der Waals surface area contributed by atoms with Crippen LogP contribution in [-0.4, -0.2) is 60.7 Å². The van der Waals surface area contributed by atoms with Crippen LogP contribution in [0.15, 0.2) is 36.7 Å². The number of aromatic nitrogens is 2. The van der Waals surface area contributed by atoms with E-state index < -0.39 is 11.7 Å². The molecule has 0 radical (unpaired) electrons. The molecule has 0 bridgehead atoms. The minimum Gasteiger partial charge on any atom is -0.355 e. The summed E-state index contributed by atoms with van der Waals surface area (Å²) in [5, 5.41) is 0.0643. The van der Waals surface area contributed by atoms with Crippen LogP contribution < -0.4 is 9.80 Å². The Morgan fingerprint density at radius 2 is 1.83 bits per heavy atom. The lowest BCUT2D eigenvalue weighted by atomic mass is 9.97. The highest BCUT2D eigenvalue weighted by Gasteiger charge is 2.33. The second-order valence-electron chi connectivity index (χ2n) is 7.96. The van der Waals surface area contributed by atoms with Crippen LogP contribution >= 0.6 is 11.6 Å². The van der Waals surface area contributed by atoms with Crippen molar-refractivity contribution in [1.82, 2.24) is 14.9 Å². The van der Waals surface area contributed by atoms with Gasteiger partial charge in [-0.1, -0.05) is 17.7 Å². The van der Waals surface area contributed by atoms with Crippen LogP contribution in [-0.2, 0) is 6.18 Å². The molecule has 0 saturated carbocycles. The molecule has 30 heavy (non-hydrogen) atoms. The quantitative estimate of drug-likeness (QED) is 0.714. The molecule has 2 aromatic rings. The molecule has 2 aliphatic heterocycles. The summed E-state index contributed by atoms with van der Waals surface area (Å²) in [4.78, 5) is 15.3. The van der Waals surface area contributed by atoms with Gasteiger partial charge in [0.25, 0.3) is 0 Å². The van der Waals surface area contributed by atoms with Gasteiger partial charge in [-0.2, -0.15) is 13.2 Å². The summed E-state index contributed by atoms with van der Waals surface area (Å²) in [7, 11) is 0. The molecule has 1 atom stereocenters. The smallest absolute Gasteiger partial charge is 0.355 e. The van der Waals surface area contributed by atoms with Crippen molar-refractivity contribution in [3.8, 4) is 0 Å². The van der Waals surface area contributed by atoms with Crippen LogP contribution in [0.4, 0.5) is 24.8 Å². The molecule has 0 aromatic carbocycles. The van der Waals surface area contributed by atoms with E-state index in [0.29, 0.717) is 11.7 Å². The van der Waals surface area contributed by atoms with E-state index >= 15 is 0 Å². The Morgan fingerprint density at radius 3 is 2.50 bits per heavy atom. The molecule has 5 nitrogen and oxygen atoms in total. The number of anilines is 2. The number of halogens is 4. The van der Waals surface area contributed by atoms with Gasteiger partial charge in [0.2, 0.25) is 0 Å². The van der Waals surface area contributed by atoms with E-state index in [2.05, 4.69) is 19.8 Å². The molecule has 9 heteroatoms. The molecule has 2 fully saturated rings. The zero-order valence-electron chi connectivity index (χ0n) is 16.7. The van der Waals surface area contributed by atoms with Crippen LogP contribution in [0, 0.1) is 5.92 Å². The summed E-state index contributed by atoms with van der Waals surface area (Å²) in [6, 6.07) is 6.94. The number of piperazine rings is 1. The second-order valence-corrected chi connectivity index (χ2v) is 8.36. The maximum absolute atomic E-state index is 12.9. The Morgan fingerprint density at radius 1 is 1.03 bits per heavy atom. The first kappa shape index (κ1) is 21.2. The SMILES string of the molecule is FC(F)(F)c1cnc(N2CCCC(CN3CCN(c4ccccn4)CC3)C2)c(Cl)c1. The summed E-state index contributed by atoms with van der Waals surface area (Å²) in [6.07, 6.45) is 0.351. The number of hydrogen-bond donors (Lipinski definition) is 0. The predicted octanol–water partition coefficient (Wildman–Crippen LogP) is 4.19. The summed E-state index contributed by atoms with van der Waals surface area (Å²) in [6.45, 7) is 6.35. The van der Waals surface area contributed by atoms with Crippen molar-refractivity contribution in [2.75, 3.05) is 55.6 Å². The largest absolute Gasteiger partial charge is 0.417 e. The van der Waals surface area contributed by atoms with Gasteiger partial charge in [-0.05, 0) is 37.0 Å². The van der Waals surface area contributed by atoms with Gasteiger partial charge in [0.15, 0.2) is 0 Å². The van der Waals surface area contributed by atoms with Gasteiger partial charge in [0, 0.05) is 58.2 Å². The Kier molecular flexibility index (Phi) is 6.34. The van der Waals surface area contributed by atoms with Crippen molar-refractivity contribution < 1.29 is 13.2 Å². The first-order valence-corrected chi connectivity index (χ1v) is 10.6. The maximum Gasteiger partial charge on any atom is 0.417 e. The Balaban J connectivity index is 1.33. The molecule has 2 saturated heterocycles. The van der Waals surface area contributed by atoms with E-state index in [-0.39, 0.29) is 5.02 Å². The van der Waals surface area contributed by atoms with Crippen LogP contribution in [0.25, 0.3) is 0 Å². The van der Waals surface area contributed by atoms with Gasteiger partial charge >= 0.3 is 6.18 Å². The minimum absolute atomic E-state index is 0.0643. The van der Waals surface area contributed by atoms with Crippen molar-refractivity contribution in [1.29, 1.82) is 0 Å². The summed E-state index contributed by atoms with van der Waals surface area (Å²) in [5.41, 5.74) is -0.810. The van der Waals surface area contributed by atoms with E-state index in [0.717, 1.165) is 76.7 Å². The lowest BCUT2D eigenvalue weighted by molar-refractivity contribution is -0.137. The number of nitrogens with zero attached hydrogens (tertiary/aromatic N) is 5. The third kappa shape index (κ3) is 4.98. The lowest BCUT2D eigenvalue weighted by Crippen LogP contribution is -2.50. The minimum atomic E-state index is -4.43. The molecular weight excluding hydrogens is 415 g/mol. The maximum atomic E-state index is 12.9. The van der Waals surface area contributed by atoms with Gasteiger partial charge in [0.05, 0.1) is 10.6 Å². The fraction of sp³-hybridized carbons (Fsp3) is 0.524. The highest BCUT2D eigenvalue weighted by molar-refractivity contribution is 6.33. The molecule has 0 amide bonds. The fourth-order valence-electron chi connectivity index (χ4n) is 4.29. The van der Waals surface area contributed by atoms with Crippen molar-refractivity contribution >= 4 is 23.2 Å². The Hall–Kier alpha value is -2.06. The molecule has 162 valence electrons. The van der Waals surface area contributed by atoms with Crippen LogP contribution in [0.3, 0.4) is 0 Å². The number of pyridine rings is 2. The molecule has 2 aliphatic rings. The number of piperidine rings is 1. The van der Waals surface area contributed by atoms with E-state index in [4.69, 9.17) is 11.6 Å². The van der Waals surface area contributed by atoms with Crippen molar-refractivity contribution in [2.45, 2.75) is 19.0 Å². The van der Waals surface area contributed by atoms with E-state index in [1.54, 1.807) is 0 Å². The fourth-order valence-corrected chi connectivity index (χ4v) is 4.58. The van der Waals surface area contributed by atoms with Crippen molar-refractivity contribution in [3.63, 3.8) is 0 Å². The van der Waals surface area contributed by atoms with Gasteiger partial charge in [0.1, 0.15) is 11.6 Å². The first-order chi connectivity index (χ1) is 14.4. The van der Waals surface area contributed by atoms with Crippen LogP contribution in [0.2, 0.25) is 5.02 Å².